The van der Waals surface area contributed by atoms with Gasteiger partial charge in [-0.25, -0.2) is 0 Å². The lowest BCUT2D eigenvalue weighted by Crippen LogP contribution is -2.35. The summed E-state index contributed by atoms with van der Waals surface area (Å²) in [5.41, 5.74) is 1.05. The number of Topliss-reactive ketones (excluding diaryl/α,β-unsaturated/α-hetero) is 1. The van der Waals surface area contributed by atoms with Crippen LogP contribution in [-0.2, 0) is 9.59 Å². The Kier molecular flexibility index (Phi) is 6.65. The van der Waals surface area contributed by atoms with E-state index in [1.807, 2.05) is 32.8 Å². The molecule has 0 aromatic heterocycles. The molecule has 31 heavy (non-hydrogen) atoms. The Balaban J connectivity index is 2.11. The first-order valence-electron chi connectivity index (χ1n) is 10.2. The molecule has 1 aliphatic rings. The van der Waals surface area contributed by atoms with E-state index in [0.717, 1.165) is 0 Å². The van der Waals surface area contributed by atoms with E-state index in [9.17, 15) is 19.8 Å². The van der Waals surface area contributed by atoms with Crippen molar-refractivity contribution in [3.63, 3.8) is 0 Å². The van der Waals surface area contributed by atoms with Crippen molar-refractivity contribution in [1.29, 1.82) is 0 Å². The molecular formula is C24H28N2O5. The molecule has 2 aromatic carbocycles. The monoisotopic (exact) mass is 424 g/mol. The van der Waals surface area contributed by atoms with Crippen LogP contribution >= 0.6 is 0 Å². The molecule has 0 bridgehead atoms. The largest absolute Gasteiger partial charge is 0.508 e. The average Bonchev–Trinajstić information content (AvgIpc) is 2.96. The number of aliphatic hydroxyl groups is 1. The third-order valence-electron chi connectivity index (χ3n) is 5.02. The smallest absolute Gasteiger partial charge is 0.295 e. The van der Waals surface area contributed by atoms with Gasteiger partial charge in [-0.2, -0.15) is 0 Å². The van der Waals surface area contributed by atoms with Crippen molar-refractivity contribution in [1.82, 2.24) is 9.80 Å². The number of aromatic hydroxyl groups is 1. The van der Waals surface area contributed by atoms with Crippen molar-refractivity contribution in [3.05, 3.63) is 65.2 Å². The van der Waals surface area contributed by atoms with Crippen LogP contribution in [-0.4, -0.2) is 65.0 Å². The minimum absolute atomic E-state index is 0.0242. The van der Waals surface area contributed by atoms with E-state index in [4.69, 9.17) is 4.74 Å². The van der Waals surface area contributed by atoms with E-state index < -0.39 is 17.7 Å². The van der Waals surface area contributed by atoms with Crippen LogP contribution in [0.15, 0.2) is 54.1 Å². The number of phenolic OH excluding ortho intramolecular Hbond substituents is 1. The lowest BCUT2D eigenvalue weighted by atomic mass is 9.95. The zero-order chi connectivity index (χ0) is 22.7. The summed E-state index contributed by atoms with van der Waals surface area (Å²) in [4.78, 5) is 29.2. The molecule has 2 aromatic rings. The molecule has 1 aliphatic heterocycles. The Morgan fingerprint density at radius 3 is 2.42 bits per heavy atom. The van der Waals surface area contributed by atoms with Gasteiger partial charge in [0.1, 0.15) is 17.3 Å². The second-order valence-electron chi connectivity index (χ2n) is 8.08. The van der Waals surface area contributed by atoms with Crippen LogP contribution in [0.4, 0.5) is 0 Å². The molecule has 1 atom stereocenters. The van der Waals surface area contributed by atoms with Crippen molar-refractivity contribution in [3.8, 4) is 11.5 Å². The molecular weight excluding hydrogens is 396 g/mol. The van der Waals surface area contributed by atoms with Gasteiger partial charge in [0.15, 0.2) is 0 Å². The second kappa shape index (κ2) is 9.22. The first kappa shape index (κ1) is 22.4. The molecule has 1 unspecified atom stereocenters. The lowest BCUT2D eigenvalue weighted by Gasteiger charge is -2.26. The highest BCUT2D eigenvalue weighted by Crippen LogP contribution is 2.40. The minimum atomic E-state index is -0.754. The highest BCUT2D eigenvalue weighted by molar-refractivity contribution is 6.46. The summed E-state index contributed by atoms with van der Waals surface area (Å²) in [6, 6.07) is 12.4. The van der Waals surface area contributed by atoms with Gasteiger partial charge >= 0.3 is 0 Å². The Bertz CT molecular complexity index is 995. The lowest BCUT2D eigenvalue weighted by molar-refractivity contribution is -0.140. The zero-order valence-electron chi connectivity index (χ0n) is 18.2. The number of hydrogen-bond acceptors (Lipinski definition) is 6. The standard InChI is InChI=1S/C24H28N2O5/c1-15(2)31-19-7-5-6-17(14-19)22(28)20-21(16-8-10-18(27)11-9-16)26(13-12-25(3)4)24(30)23(20)29/h5-11,14-15,21,27-28H,12-13H2,1-4H3/b22-20-. The van der Waals surface area contributed by atoms with E-state index in [-0.39, 0.29) is 23.2 Å². The number of phenols is 1. The topological polar surface area (TPSA) is 90.3 Å². The van der Waals surface area contributed by atoms with Gasteiger partial charge in [0.05, 0.1) is 17.7 Å². The number of aliphatic hydroxyl groups excluding tert-OH is 1. The number of ether oxygens (including phenoxy) is 1. The molecule has 1 heterocycles. The molecule has 0 saturated carbocycles. The molecule has 7 nitrogen and oxygen atoms in total. The molecule has 2 N–H and O–H groups in total. The van der Waals surface area contributed by atoms with Gasteiger partial charge in [0.2, 0.25) is 0 Å². The molecule has 0 radical (unpaired) electrons. The summed E-state index contributed by atoms with van der Waals surface area (Å²) in [6.45, 7) is 4.66. The van der Waals surface area contributed by atoms with E-state index in [1.165, 1.54) is 17.0 Å². The van der Waals surface area contributed by atoms with Crippen LogP contribution in [0.1, 0.15) is 31.0 Å². The van der Waals surface area contributed by atoms with Gasteiger partial charge in [0.25, 0.3) is 11.7 Å². The quantitative estimate of drug-likeness (QED) is 0.403. The predicted octanol–water partition coefficient (Wildman–Crippen LogP) is 3.16. The summed E-state index contributed by atoms with van der Waals surface area (Å²) in [6.07, 6.45) is -0.0500. The maximum atomic E-state index is 13.0. The number of carbonyl (C=O) groups is 2. The number of nitrogens with zero attached hydrogens (tertiary/aromatic N) is 2. The summed E-state index contributed by atoms with van der Waals surface area (Å²) in [5.74, 6) is -1.01. The number of hydrogen-bond donors (Lipinski definition) is 2. The van der Waals surface area contributed by atoms with Crippen LogP contribution < -0.4 is 4.74 Å². The molecule has 0 spiro atoms. The summed E-state index contributed by atoms with van der Waals surface area (Å²) in [7, 11) is 3.76. The normalized spacial score (nSPS) is 18.3. The van der Waals surface area contributed by atoms with E-state index in [2.05, 4.69) is 0 Å². The van der Waals surface area contributed by atoms with E-state index in [0.29, 0.717) is 30.0 Å². The first-order valence-corrected chi connectivity index (χ1v) is 10.2. The van der Waals surface area contributed by atoms with Crippen molar-refractivity contribution in [2.24, 2.45) is 0 Å². The fraction of sp³-hybridized carbons (Fsp3) is 0.333. The fourth-order valence-corrected chi connectivity index (χ4v) is 3.57. The Morgan fingerprint density at radius 2 is 1.81 bits per heavy atom. The van der Waals surface area contributed by atoms with Crippen molar-refractivity contribution in [2.45, 2.75) is 26.0 Å². The summed E-state index contributed by atoms with van der Waals surface area (Å²) in [5, 5.41) is 20.8. The van der Waals surface area contributed by atoms with Gasteiger partial charge in [-0.1, -0.05) is 24.3 Å². The van der Waals surface area contributed by atoms with Crippen molar-refractivity contribution < 1.29 is 24.5 Å². The zero-order valence-corrected chi connectivity index (χ0v) is 18.2. The number of amides is 1. The van der Waals surface area contributed by atoms with E-state index >= 15 is 0 Å². The van der Waals surface area contributed by atoms with Crippen LogP contribution in [0, 0.1) is 0 Å². The molecule has 1 amide bonds. The Hall–Kier alpha value is -3.32. The Morgan fingerprint density at radius 1 is 1.13 bits per heavy atom. The molecule has 3 rings (SSSR count). The van der Waals surface area contributed by atoms with Gasteiger partial charge in [-0.15, -0.1) is 0 Å². The highest BCUT2D eigenvalue weighted by atomic mass is 16.5. The molecule has 7 heteroatoms. The van der Waals surface area contributed by atoms with Gasteiger partial charge in [0, 0.05) is 18.7 Å². The number of likely N-dealkylation sites (N-methyl/N-ethyl adjacent to an activating group) is 1. The molecule has 164 valence electrons. The van der Waals surface area contributed by atoms with E-state index in [1.54, 1.807) is 36.4 Å². The van der Waals surface area contributed by atoms with Crippen molar-refractivity contribution in [2.75, 3.05) is 27.2 Å². The third kappa shape index (κ3) is 4.88. The predicted molar refractivity (Wildman–Crippen MR) is 118 cm³/mol. The van der Waals surface area contributed by atoms with Gasteiger partial charge in [-0.3, -0.25) is 9.59 Å². The molecule has 1 saturated heterocycles. The third-order valence-corrected chi connectivity index (χ3v) is 5.02. The van der Waals surface area contributed by atoms with Gasteiger partial charge in [-0.05, 0) is 57.8 Å². The van der Waals surface area contributed by atoms with Crippen molar-refractivity contribution >= 4 is 17.4 Å². The van der Waals surface area contributed by atoms with Crippen LogP contribution in [0.2, 0.25) is 0 Å². The fourth-order valence-electron chi connectivity index (χ4n) is 3.57. The first-order chi connectivity index (χ1) is 14.7. The number of ketones is 1. The van der Waals surface area contributed by atoms with Crippen LogP contribution in [0.5, 0.6) is 11.5 Å². The van der Waals surface area contributed by atoms with Crippen LogP contribution in [0.3, 0.4) is 0 Å². The second-order valence-corrected chi connectivity index (χ2v) is 8.08. The Labute approximate surface area is 182 Å². The molecule has 1 fully saturated rings. The summed E-state index contributed by atoms with van der Waals surface area (Å²) >= 11 is 0. The number of carbonyl (C=O) groups excluding carboxylic acids is 2. The number of benzene rings is 2. The SMILES string of the molecule is CC(C)Oc1cccc(/C(O)=C2/C(=O)C(=O)N(CCN(C)C)C2c2ccc(O)cc2)c1. The summed E-state index contributed by atoms with van der Waals surface area (Å²) < 4.78 is 5.70. The van der Waals surface area contributed by atoms with Crippen LogP contribution in [0.25, 0.3) is 5.76 Å². The highest BCUT2D eigenvalue weighted by Gasteiger charge is 2.45. The van der Waals surface area contributed by atoms with Gasteiger partial charge < -0.3 is 24.7 Å². The number of likely N-dealkylation sites (tertiary alicyclic amines) is 1. The average molecular weight is 424 g/mol. The maximum absolute atomic E-state index is 13.0. The maximum Gasteiger partial charge on any atom is 0.295 e. The number of rotatable bonds is 7. The molecule has 0 aliphatic carbocycles. The minimum Gasteiger partial charge on any atom is -0.508 e.